The van der Waals surface area contributed by atoms with Crippen molar-refractivity contribution in [3.63, 3.8) is 0 Å². The minimum Gasteiger partial charge on any atom is -0.475 e. The highest BCUT2D eigenvalue weighted by Gasteiger charge is 2.38. The summed E-state index contributed by atoms with van der Waals surface area (Å²) in [5.74, 6) is -13.4. The molecule has 0 rings (SSSR count). The summed E-state index contributed by atoms with van der Waals surface area (Å²) in [6, 6.07) is -9.82. The van der Waals surface area contributed by atoms with E-state index in [1.807, 2.05) is 0 Å². The molecule has 0 fully saturated rings. The minimum atomic E-state index is -5.08. The summed E-state index contributed by atoms with van der Waals surface area (Å²) in [6.07, 6.45) is -5.57. The van der Waals surface area contributed by atoms with E-state index in [0.29, 0.717) is 19.4 Å². The van der Waals surface area contributed by atoms with Crippen LogP contribution in [0, 0.1) is 0 Å². The normalized spacial score (nSPS) is 14.0. The number of aliphatic hydroxyl groups excluding tert-OH is 2. The molecule has 0 aromatic carbocycles. The quantitative estimate of drug-likeness (QED) is 0.0324. The third-order valence-electron chi connectivity index (χ3n) is 7.89. The third kappa shape index (κ3) is 25.9. The van der Waals surface area contributed by atoms with Crippen LogP contribution in [0.25, 0.3) is 0 Å². The number of halogens is 3. The number of primary amides is 3. The highest BCUT2D eigenvalue weighted by atomic mass is 19.4. The number of nitrogens with one attached hydrogen (secondary N) is 8. The molecular weight excluding hydrogens is 875 g/mol. The molecule has 0 aromatic rings. The lowest BCUT2D eigenvalue weighted by Gasteiger charge is -2.24. The van der Waals surface area contributed by atoms with Crippen molar-refractivity contribution in [3.05, 3.63) is 0 Å². The molecule has 0 aliphatic heterocycles. The maximum atomic E-state index is 13.0. The minimum absolute atomic E-state index is 0.116. The number of unbranched alkanes of at least 4 members (excludes halogenated alkanes) is 1. The van der Waals surface area contributed by atoms with Crippen LogP contribution in [0.1, 0.15) is 52.4 Å². The molecule has 7 atom stereocenters. The van der Waals surface area contributed by atoms with E-state index in [2.05, 4.69) is 42.5 Å². The molecule has 0 saturated heterocycles. The van der Waals surface area contributed by atoms with Crippen molar-refractivity contribution in [2.75, 3.05) is 32.8 Å². The Bertz CT molecular complexity index is 1670. The van der Waals surface area contributed by atoms with E-state index >= 15 is 0 Å². The molecule has 21 N–H and O–H groups in total. The van der Waals surface area contributed by atoms with Crippen LogP contribution in [0.15, 0.2) is 0 Å². The van der Waals surface area contributed by atoms with Gasteiger partial charge in [0.1, 0.15) is 36.3 Å². The van der Waals surface area contributed by atoms with E-state index in [9.17, 15) is 76.1 Å². The molecule has 28 nitrogen and oxygen atoms in total. The largest absolute Gasteiger partial charge is 0.490 e. The maximum Gasteiger partial charge on any atom is 0.490 e. The zero-order valence-corrected chi connectivity index (χ0v) is 34.6. The number of hydrogen-bond donors (Lipinski definition) is 16. The summed E-state index contributed by atoms with van der Waals surface area (Å²) in [5.41, 5.74) is 26.4. The summed E-state index contributed by atoms with van der Waals surface area (Å²) in [7, 11) is 0. The third-order valence-corrected chi connectivity index (χ3v) is 7.89. The van der Waals surface area contributed by atoms with E-state index < -0.39 is 159 Å². The Morgan fingerprint density at radius 2 is 1.00 bits per heavy atom. The molecule has 31 heteroatoms. The molecular formula is C33H56F3N13O15. The number of alkyl halides is 3. The van der Waals surface area contributed by atoms with Crippen molar-refractivity contribution in [1.29, 1.82) is 0 Å². The second-order valence-electron chi connectivity index (χ2n) is 13.4. The molecule has 0 radical (unpaired) electrons. The van der Waals surface area contributed by atoms with E-state index in [1.165, 1.54) is 13.8 Å². The van der Waals surface area contributed by atoms with E-state index in [0.717, 1.165) is 0 Å². The second kappa shape index (κ2) is 30.3. The first-order valence-corrected chi connectivity index (χ1v) is 18.8. The molecule has 0 heterocycles. The van der Waals surface area contributed by atoms with Crippen molar-refractivity contribution >= 4 is 70.9 Å². The summed E-state index contributed by atoms with van der Waals surface area (Å²) in [5, 5.41) is 44.2. The lowest BCUT2D eigenvalue weighted by atomic mass is 10.1. The number of carboxylic acids is 1. The molecule has 0 saturated carbocycles. The Hall–Kier alpha value is -6.73. The maximum absolute atomic E-state index is 13.0. The molecule has 11 amide bonds. The highest BCUT2D eigenvalue weighted by molar-refractivity contribution is 5.98. The van der Waals surface area contributed by atoms with Gasteiger partial charge in [0.2, 0.25) is 65.0 Å². The zero-order chi connectivity index (χ0) is 49.9. The Kier molecular flexibility index (Phi) is 28.1. The summed E-state index contributed by atoms with van der Waals surface area (Å²) in [6.45, 7) is -0.643. The van der Waals surface area contributed by atoms with Gasteiger partial charge in [0, 0.05) is 6.42 Å². The van der Waals surface area contributed by atoms with Crippen LogP contribution in [0.3, 0.4) is 0 Å². The van der Waals surface area contributed by atoms with Crippen LogP contribution in [-0.4, -0.2) is 168 Å². The number of aliphatic carboxylic acids is 1. The summed E-state index contributed by atoms with van der Waals surface area (Å²) in [4.78, 5) is 144. The molecule has 0 aliphatic carbocycles. The number of carboxylic acid groups (broad SMARTS) is 1. The molecule has 0 spiro atoms. The van der Waals surface area contributed by atoms with Crippen LogP contribution >= 0.6 is 0 Å². The first-order valence-electron chi connectivity index (χ1n) is 18.8. The van der Waals surface area contributed by atoms with Gasteiger partial charge in [0.05, 0.1) is 38.8 Å². The summed E-state index contributed by atoms with van der Waals surface area (Å²) >= 11 is 0. The van der Waals surface area contributed by atoms with Crippen LogP contribution in [0.4, 0.5) is 13.2 Å². The van der Waals surface area contributed by atoms with E-state index in [4.69, 9.17) is 38.6 Å². The number of aliphatic hydroxyl groups is 2. The molecule has 0 bridgehead atoms. The predicted octanol–water partition coefficient (Wildman–Crippen LogP) is -9.13. The standard InChI is InChI=1S/C31H55N13O13.C2HF3O2/c1-14(33)26(52)41-16(5-3-4-8-32)28(54)44-20(13-46)31(57)42-17(6-7-21(34)47)27(53)38-10-23(49)37-11-24(50)40-19(12-45)30(56)43-18(9-22(35)48)29(55)39-15(2)25(36)51;3-2(4,5)1(6)7/h14-20,45-46H,3-13,32-33H2,1-2H3,(H2,34,47)(H2,35,48)(H2,36,51)(H,37,49)(H,38,53)(H,39,55)(H,40,50)(H,41,52)(H,42,57)(H,43,56)(H,44,54);(H,6,7)/t14-,15-,16-,17-,18-,19-,20-;/m0./s1. The number of carbonyl (C=O) groups is 12. The fourth-order valence-corrected chi connectivity index (χ4v) is 4.40. The Morgan fingerprint density at radius 1 is 0.562 bits per heavy atom. The van der Waals surface area contributed by atoms with E-state index in [-0.39, 0.29) is 12.8 Å². The lowest BCUT2D eigenvalue weighted by Crippen LogP contribution is -2.59. The van der Waals surface area contributed by atoms with Gasteiger partial charge in [0.15, 0.2) is 0 Å². The Labute approximate surface area is 361 Å². The fraction of sp³-hybridized carbons (Fsp3) is 0.636. The van der Waals surface area contributed by atoms with Crippen molar-refractivity contribution < 1.29 is 86.0 Å². The van der Waals surface area contributed by atoms with Gasteiger partial charge >= 0.3 is 12.1 Å². The van der Waals surface area contributed by atoms with Crippen molar-refractivity contribution in [2.45, 2.75) is 101 Å². The van der Waals surface area contributed by atoms with Gasteiger partial charge in [-0.1, -0.05) is 0 Å². The SMILES string of the molecule is C[C@H](N)C(=O)N[C@@H](CCCCN)C(=O)N[C@@H](CO)C(=O)N[C@@H](CCC(N)=O)C(=O)NCC(=O)NCC(=O)N[C@@H](CO)C(=O)N[C@@H](CC(N)=O)C(=O)N[C@@H](C)C(N)=O.O=C(O)C(F)(F)F. The molecule has 0 unspecified atom stereocenters. The molecule has 64 heavy (non-hydrogen) atoms. The number of nitrogens with two attached hydrogens (primary N) is 5. The topological polar surface area (TPSA) is 492 Å². The number of hydrogen-bond acceptors (Lipinski definition) is 16. The smallest absolute Gasteiger partial charge is 0.475 e. The molecule has 0 aliphatic rings. The number of carbonyl (C=O) groups excluding carboxylic acids is 11. The highest BCUT2D eigenvalue weighted by Crippen LogP contribution is 2.13. The first-order chi connectivity index (χ1) is 29.6. The predicted molar refractivity (Wildman–Crippen MR) is 209 cm³/mol. The van der Waals surface area contributed by atoms with Gasteiger partial charge in [-0.3, -0.25) is 52.7 Å². The van der Waals surface area contributed by atoms with Gasteiger partial charge in [-0.05, 0) is 46.1 Å². The van der Waals surface area contributed by atoms with Crippen LogP contribution in [0.2, 0.25) is 0 Å². The van der Waals surface area contributed by atoms with Gasteiger partial charge < -0.3 is 86.5 Å². The monoisotopic (exact) mass is 931 g/mol. The Balaban J connectivity index is 0. The number of amides is 11. The number of rotatable bonds is 28. The van der Waals surface area contributed by atoms with Crippen molar-refractivity contribution in [3.8, 4) is 0 Å². The first kappa shape index (κ1) is 59.4. The van der Waals surface area contributed by atoms with Crippen LogP contribution < -0.4 is 71.2 Å². The molecule has 364 valence electrons. The van der Waals surface area contributed by atoms with Crippen LogP contribution in [-0.2, 0) is 57.5 Å². The lowest BCUT2D eigenvalue weighted by molar-refractivity contribution is -0.192. The Morgan fingerprint density at radius 3 is 1.45 bits per heavy atom. The fourth-order valence-electron chi connectivity index (χ4n) is 4.40. The van der Waals surface area contributed by atoms with Crippen molar-refractivity contribution in [1.82, 2.24) is 42.5 Å². The van der Waals surface area contributed by atoms with Gasteiger partial charge in [-0.15, -0.1) is 0 Å². The average molecular weight is 932 g/mol. The zero-order valence-electron chi connectivity index (χ0n) is 34.6. The van der Waals surface area contributed by atoms with Crippen LogP contribution in [0.5, 0.6) is 0 Å². The average Bonchev–Trinajstić information content (AvgIpc) is 3.20. The van der Waals surface area contributed by atoms with Gasteiger partial charge in [-0.25, -0.2) is 4.79 Å². The van der Waals surface area contributed by atoms with Gasteiger partial charge in [-0.2, -0.15) is 13.2 Å². The molecule has 0 aromatic heterocycles. The summed E-state index contributed by atoms with van der Waals surface area (Å²) < 4.78 is 31.7. The second-order valence-corrected chi connectivity index (χ2v) is 13.4. The van der Waals surface area contributed by atoms with Crippen molar-refractivity contribution in [2.24, 2.45) is 28.7 Å². The van der Waals surface area contributed by atoms with E-state index in [1.54, 1.807) is 0 Å². The van der Waals surface area contributed by atoms with Gasteiger partial charge in [0.25, 0.3) is 0 Å².